The van der Waals surface area contributed by atoms with Gasteiger partial charge in [0, 0.05) is 24.4 Å². The number of hydrogen-bond acceptors (Lipinski definition) is 3. The van der Waals surface area contributed by atoms with E-state index in [-0.39, 0.29) is 18.1 Å². The number of carbonyl (C=O) groups excluding carboxylic acids is 2. The van der Waals surface area contributed by atoms with Gasteiger partial charge in [0.05, 0.1) is 30.3 Å². The summed E-state index contributed by atoms with van der Waals surface area (Å²) in [6.07, 6.45) is 1.41. The van der Waals surface area contributed by atoms with Crippen LogP contribution < -0.4 is 10.2 Å². The summed E-state index contributed by atoms with van der Waals surface area (Å²) in [5.74, 6) is -6.34. The Morgan fingerprint density at radius 3 is 2.51 bits per heavy atom. The van der Waals surface area contributed by atoms with Gasteiger partial charge in [-0.2, -0.15) is 13.9 Å². The molecule has 1 fully saturated rings. The van der Waals surface area contributed by atoms with E-state index in [9.17, 15) is 27.2 Å². The molecular formula is C27H22F4N4O2. The maximum absolute atomic E-state index is 13.6. The van der Waals surface area contributed by atoms with Crippen molar-refractivity contribution in [3.05, 3.63) is 95.7 Å². The number of anilines is 1. The zero-order valence-electron chi connectivity index (χ0n) is 19.7. The first kappa shape index (κ1) is 24.5. The van der Waals surface area contributed by atoms with E-state index < -0.39 is 29.7 Å². The van der Waals surface area contributed by atoms with Gasteiger partial charge >= 0.3 is 5.92 Å². The van der Waals surface area contributed by atoms with Gasteiger partial charge in [-0.05, 0) is 53.6 Å². The van der Waals surface area contributed by atoms with Crippen molar-refractivity contribution >= 4 is 28.4 Å². The van der Waals surface area contributed by atoms with Crippen molar-refractivity contribution in [2.45, 2.75) is 37.9 Å². The van der Waals surface area contributed by atoms with E-state index >= 15 is 0 Å². The second-order valence-electron chi connectivity index (χ2n) is 9.11. The predicted molar refractivity (Wildman–Crippen MR) is 129 cm³/mol. The fourth-order valence-corrected chi connectivity index (χ4v) is 4.66. The molecule has 0 bridgehead atoms. The zero-order valence-corrected chi connectivity index (χ0v) is 19.7. The Balaban J connectivity index is 1.50. The van der Waals surface area contributed by atoms with Crippen molar-refractivity contribution in [3.8, 4) is 0 Å². The molecule has 0 unspecified atom stereocenters. The Labute approximate surface area is 209 Å². The van der Waals surface area contributed by atoms with Crippen LogP contribution in [0.1, 0.15) is 30.5 Å². The minimum Gasteiger partial charge on any atom is -0.345 e. The molecule has 6 nitrogen and oxygen atoms in total. The van der Waals surface area contributed by atoms with Gasteiger partial charge in [-0.15, -0.1) is 0 Å². The largest absolute Gasteiger partial charge is 0.345 e. The highest BCUT2D eigenvalue weighted by molar-refractivity contribution is 6.00. The van der Waals surface area contributed by atoms with E-state index in [4.69, 9.17) is 0 Å². The molecule has 1 aliphatic heterocycles. The predicted octanol–water partition coefficient (Wildman–Crippen LogP) is 4.98. The van der Waals surface area contributed by atoms with E-state index in [1.807, 2.05) is 0 Å². The van der Waals surface area contributed by atoms with Gasteiger partial charge in [-0.25, -0.2) is 8.78 Å². The number of hydrogen-bond donors (Lipinski definition) is 1. The molecule has 2 atom stereocenters. The average Bonchev–Trinajstić information content (AvgIpc) is 3.38. The maximum Gasteiger partial charge on any atom is 0.321 e. The standard InChI is InChI=1S/C27H22F4N4O2/c1-27(30,31)26(37)33-22-13-24(36)35(25(22)17-5-7-19(28)8-6-17)21-9-10-23-18(12-21)14-32-34(23)15-16-3-2-4-20(29)11-16/h2-12,14,22,25H,13,15H2,1H3,(H,33,37)/t22-,25+/m1/s1. The normalized spacial score (nSPS) is 18.0. The number of nitrogens with one attached hydrogen (secondary N) is 1. The number of rotatable bonds is 6. The number of alkyl halides is 2. The number of carbonyl (C=O) groups is 2. The molecular weight excluding hydrogens is 488 g/mol. The SMILES string of the molecule is CC(F)(F)C(=O)N[C@@H]1CC(=O)N(c2ccc3c(cnn3Cc3cccc(F)c3)c2)[C@H]1c1ccc(F)cc1. The van der Waals surface area contributed by atoms with Crippen molar-refractivity contribution < 1.29 is 27.2 Å². The summed E-state index contributed by atoms with van der Waals surface area (Å²) in [7, 11) is 0. The van der Waals surface area contributed by atoms with E-state index in [2.05, 4.69) is 10.4 Å². The molecule has 2 amide bonds. The summed E-state index contributed by atoms with van der Waals surface area (Å²) in [4.78, 5) is 26.6. The Kier molecular flexibility index (Phi) is 6.18. The van der Waals surface area contributed by atoms with Gasteiger partial charge in [-0.3, -0.25) is 14.3 Å². The summed E-state index contributed by atoms with van der Waals surface area (Å²) < 4.78 is 56.2. The Bertz CT molecular complexity index is 1480. The monoisotopic (exact) mass is 510 g/mol. The number of benzene rings is 3. The van der Waals surface area contributed by atoms with Crippen LogP contribution in [0.5, 0.6) is 0 Å². The number of aromatic nitrogens is 2. The highest BCUT2D eigenvalue weighted by Crippen LogP contribution is 2.39. The van der Waals surface area contributed by atoms with Crippen molar-refractivity contribution in [1.82, 2.24) is 15.1 Å². The lowest BCUT2D eigenvalue weighted by Gasteiger charge is -2.29. The molecule has 0 radical (unpaired) electrons. The summed E-state index contributed by atoms with van der Waals surface area (Å²) in [6, 6.07) is 14.9. The highest BCUT2D eigenvalue weighted by Gasteiger charge is 2.45. The average molecular weight is 510 g/mol. The van der Waals surface area contributed by atoms with Crippen LogP contribution in [0.4, 0.5) is 23.2 Å². The lowest BCUT2D eigenvalue weighted by molar-refractivity contribution is -0.143. The molecule has 1 aromatic heterocycles. The van der Waals surface area contributed by atoms with Gasteiger partial charge in [0.2, 0.25) is 5.91 Å². The fraction of sp³-hybridized carbons (Fsp3) is 0.222. The molecule has 2 heterocycles. The lowest BCUT2D eigenvalue weighted by Crippen LogP contribution is -2.46. The second kappa shape index (κ2) is 9.34. The van der Waals surface area contributed by atoms with E-state index in [0.717, 1.165) is 11.1 Å². The van der Waals surface area contributed by atoms with Crippen LogP contribution >= 0.6 is 0 Å². The topological polar surface area (TPSA) is 67.2 Å². The van der Waals surface area contributed by atoms with Crippen LogP contribution in [0.2, 0.25) is 0 Å². The van der Waals surface area contributed by atoms with Gasteiger partial charge < -0.3 is 10.2 Å². The van der Waals surface area contributed by atoms with Gasteiger partial charge in [0.1, 0.15) is 11.6 Å². The molecule has 190 valence electrons. The van der Waals surface area contributed by atoms with E-state index in [1.54, 1.807) is 41.2 Å². The third-order valence-corrected chi connectivity index (χ3v) is 6.37. The van der Waals surface area contributed by atoms with Crippen molar-refractivity contribution in [2.75, 3.05) is 4.90 Å². The van der Waals surface area contributed by atoms with Crippen LogP contribution in [0.25, 0.3) is 10.9 Å². The van der Waals surface area contributed by atoms with Crippen LogP contribution in [0.15, 0.2) is 72.9 Å². The number of nitrogens with zero attached hydrogens (tertiary/aromatic N) is 3. The zero-order chi connectivity index (χ0) is 26.3. The highest BCUT2D eigenvalue weighted by atomic mass is 19.3. The van der Waals surface area contributed by atoms with Crippen LogP contribution in [-0.4, -0.2) is 33.6 Å². The number of halogens is 4. The molecule has 3 aromatic carbocycles. The molecule has 1 aliphatic rings. The van der Waals surface area contributed by atoms with Crippen molar-refractivity contribution in [2.24, 2.45) is 0 Å². The lowest BCUT2D eigenvalue weighted by atomic mass is 9.99. The number of fused-ring (bicyclic) bond motifs is 1. The maximum atomic E-state index is 13.6. The second-order valence-corrected chi connectivity index (χ2v) is 9.11. The Morgan fingerprint density at radius 1 is 1.05 bits per heavy atom. The summed E-state index contributed by atoms with van der Waals surface area (Å²) in [6.45, 7) is 0.819. The smallest absolute Gasteiger partial charge is 0.321 e. The quantitative estimate of drug-likeness (QED) is 0.372. The number of amides is 2. The Morgan fingerprint density at radius 2 is 1.81 bits per heavy atom. The molecule has 0 spiro atoms. The Hall–Kier alpha value is -4.21. The minimum absolute atomic E-state index is 0.208. The molecule has 1 saturated heterocycles. The third kappa shape index (κ3) is 4.91. The first-order chi connectivity index (χ1) is 17.6. The molecule has 0 aliphatic carbocycles. The summed E-state index contributed by atoms with van der Waals surface area (Å²) >= 11 is 0. The van der Waals surface area contributed by atoms with Crippen LogP contribution in [-0.2, 0) is 16.1 Å². The van der Waals surface area contributed by atoms with Gasteiger partial charge in [0.15, 0.2) is 0 Å². The molecule has 5 rings (SSSR count). The fourth-order valence-electron chi connectivity index (χ4n) is 4.66. The first-order valence-corrected chi connectivity index (χ1v) is 11.6. The van der Waals surface area contributed by atoms with Crippen molar-refractivity contribution in [3.63, 3.8) is 0 Å². The minimum atomic E-state index is -3.63. The molecule has 37 heavy (non-hydrogen) atoms. The van der Waals surface area contributed by atoms with E-state index in [0.29, 0.717) is 30.1 Å². The van der Waals surface area contributed by atoms with Gasteiger partial charge in [-0.1, -0.05) is 24.3 Å². The van der Waals surface area contributed by atoms with Gasteiger partial charge in [0.25, 0.3) is 5.91 Å². The van der Waals surface area contributed by atoms with Crippen LogP contribution in [0, 0.1) is 11.6 Å². The molecule has 1 N–H and O–H groups in total. The molecule has 10 heteroatoms. The summed E-state index contributed by atoms with van der Waals surface area (Å²) in [5, 5.41) is 7.38. The summed E-state index contributed by atoms with van der Waals surface area (Å²) in [5.41, 5.74) is 2.43. The van der Waals surface area contributed by atoms with Crippen LogP contribution in [0.3, 0.4) is 0 Å². The molecule has 0 saturated carbocycles. The van der Waals surface area contributed by atoms with E-state index in [1.165, 1.54) is 41.3 Å². The molecule has 4 aromatic rings. The third-order valence-electron chi connectivity index (χ3n) is 6.37. The van der Waals surface area contributed by atoms with Crippen molar-refractivity contribution in [1.29, 1.82) is 0 Å². The first-order valence-electron chi connectivity index (χ1n) is 11.6.